The Morgan fingerprint density at radius 1 is 1.14 bits per heavy atom. The van der Waals surface area contributed by atoms with Gasteiger partial charge < -0.3 is 10.1 Å². The smallest absolute Gasteiger partial charge is 0.261 e. The van der Waals surface area contributed by atoms with E-state index in [0.29, 0.717) is 24.4 Å². The normalized spacial score (nSPS) is 12.3. The zero-order chi connectivity index (χ0) is 21.4. The van der Waals surface area contributed by atoms with E-state index in [4.69, 9.17) is 4.74 Å². The summed E-state index contributed by atoms with van der Waals surface area (Å²) in [6.45, 7) is 4.49. The van der Waals surface area contributed by atoms with E-state index in [1.54, 1.807) is 36.0 Å². The van der Waals surface area contributed by atoms with Crippen molar-refractivity contribution >= 4 is 33.4 Å². The van der Waals surface area contributed by atoms with Crippen LogP contribution in [0, 0.1) is 6.92 Å². The minimum absolute atomic E-state index is 0.158. The van der Waals surface area contributed by atoms with Gasteiger partial charge in [-0.25, -0.2) is 8.42 Å². The van der Waals surface area contributed by atoms with Gasteiger partial charge in [0, 0.05) is 24.2 Å². The summed E-state index contributed by atoms with van der Waals surface area (Å²) < 4.78 is 30.2. The van der Waals surface area contributed by atoms with Crippen molar-refractivity contribution < 1.29 is 17.9 Å². The molecule has 2 rings (SSSR count). The second kappa shape index (κ2) is 10.5. The number of hydrogen-bond acceptors (Lipinski definition) is 5. The number of amides is 1. The summed E-state index contributed by atoms with van der Waals surface area (Å²) in [5, 5.41) is 2.91. The maximum Gasteiger partial charge on any atom is 0.261 e. The first-order chi connectivity index (χ1) is 13.7. The standard InChI is InChI=1S/C21H28N2O4S2/c1-5-20(21(24)22-14-15-28-19-12-6-16(2)7-13-19)27-18-10-8-17(9-11-18)23(3)29(4,25)26/h6-13,20H,5,14-15H2,1-4H3,(H,22,24). The van der Waals surface area contributed by atoms with Gasteiger partial charge in [0.2, 0.25) is 10.0 Å². The molecule has 1 amide bonds. The molecule has 8 heteroatoms. The number of ether oxygens (including phenoxy) is 1. The quantitative estimate of drug-likeness (QED) is 0.456. The van der Waals surface area contributed by atoms with Crippen LogP contribution in [0.15, 0.2) is 53.4 Å². The van der Waals surface area contributed by atoms with Gasteiger partial charge in [-0.15, -0.1) is 11.8 Å². The van der Waals surface area contributed by atoms with Crippen molar-refractivity contribution in [3.63, 3.8) is 0 Å². The van der Waals surface area contributed by atoms with E-state index in [1.807, 2.05) is 6.92 Å². The van der Waals surface area contributed by atoms with E-state index in [0.717, 1.165) is 12.0 Å². The lowest BCUT2D eigenvalue weighted by Gasteiger charge is -2.19. The maximum absolute atomic E-state index is 12.4. The molecule has 0 radical (unpaired) electrons. The summed E-state index contributed by atoms with van der Waals surface area (Å²) in [7, 11) is -1.83. The molecule has 1 N–H and O–H groups in total. The van der Waals surface area contributed by atoms with Gasteiger partial charge >= 0.3 is 0 Å². The molecule has 0 aliphatic carbocycles. The molecule has 29 heavy (non-hydrogen) atoms. The maximum atomic E-state index is 12.4. The van der Waals surface area contributed by atoms with Crippen LogP contribution < -0.4 is 14.4 Å². The molecule has 0 saturated carbocycles. The molecule has 1 atom stereocenters. The molecule has 2 aromatic carbocycles. The van der Waals surface area contributed by atoms with Crippen molar-refractivity contribution in [2.45, 2.75) is 31.3 Å². The first-order valence-corrected chi connectivity index (χ1v) is 12.2. The minimum Gasteiger partial charge on any atom is -0.481 e. The third kappa shape index (κ3) is 7.29. The second-order valence-corrected chi connectivity index (χ2v) is 9.87. The number of aryl methyl sites for hydroxylation is 1. The van der Waals surface area contributed by atoms with Crippen molar-refractivity contribution in [3.05, 3.63) is 54.1 Å². The first kappa shape index (κ1) is 23.1. The van der Waals surface area contributed by atoms with Gasteiger partial charge in [0.15, 0.2) is 6.10 Å². The third-order valence-corrected chi connectivity index (χ3v) is 6.55. The van der Waals surface area contributed by atoms with Crippen LogP contribution >= 0.6 is 11.8 Å². The van der Waals surface area contributed by atoms with Crippen LogP contribution in [0.25, 0.3) is 0 Å². The highest BCUT2D eigenvalue weighted by Gasteiger charge is 2.18. The van der Waals surface area contributed by atoms with E-state index >= 15 is 0 Å². The van der Waals surface area contributed by atoms with Crippen LogP contribution in [-0.2, 0) is 14.8 Å². The Balaban J connectivity index is 1.83. The number of carbonyl (C=O) groups excluding carboxylic acids is 1. The highest BCUT2D eigenvalue weighted by molar-refractivity contribution is 7.99. The van der Waals surface area contributed by atoms with Crippen LogP contribution in [0.4, 0.5) is 5.69 Å². The molecule has 0 bridgehead atoms. The largest absolute Gasteiger partial charge is 0.481 e. The Labute approximate surface area is 177 Å². The fraction of sp³-hybridized carbons (Fsp3) is 0.381. The number of carbonyl (C=O) groups is 1. The van der Waals surface area contributed by atoms with Crippen molar-refractivity contribution in [3.8, 4) is 5.75 Å². The molecule has 158 valence electrons. The summed E-state index contributed by atoms with van der Waals surface area (Å²) in [5.74, 6) is 1.14. The Morgan fingerprint density at radius 2 is 1.76 bits per heavy atom. The molecule has 2 aromatic rings. The number of nitrogens with zero attached hydrogens (tertiary/aromatic N) is 1. The lowest BCUT2D eigenvalue weighted by atomic mass is 10.2. The molecular weight excluding hydrogens is 408 g/mol. The Kier molecular flexibility index (Phi) is 8.40. The summed E-state index contributed by atoms with van der Waals surface area (Å²) in [5.41, 5.74) is 1.76. The van der Waals surface area contributed by atoms with E-state index < -0.39 is 16.1 Å². The Bertz CT molecular complexity index is 897. The average Bonchev–Trinajstić information content (AvgIpc) is 2.69. The Morgan fingerprint density at radius 3 is 2.31 bits per heavy atom. The lowest BCUT2D eigenvalue weighted by Crippen LogP contribution is -2.39. The predicted molar refractivity (Wildman–Crippen MR) is 119 cm³/mol. The number of anilines is 1. The molecule has 0 aliphatic heterocycles. The van der Waals surface area contributed by atoms with Gasteiger partial charge in [-0.1, -0.05) is 24.6 Å². The molecule has 1 unspecified atom stereocenters. The molecule has 0 spiro atoms. The molecule has 0 saturated heterocycles. The van der Waals surface area contributed by atoms with E-state index in [2.05, 4.69) is 36.5 Å². The number of thioether (sulfide) groups is 1. The van der Waals surface area contributed by atoms with Gasteiger partial charge in [0.05, 0.1) is 11.9 Å². The van der Waals surface area contributed by atoms with E-state index in [9.17, 15) is 13.2 Å². The van der Waals surface area contributed by atoms with Gasteiger partial charge in [-0.2, -0.15) is 0 Å². The van der Waals surface area contributed by atoms with Crippen LogP contribution in [-0.4, -0.2) is 46.0 Å². The number of benzene rings is 2. The highest BCUT2D eigenvalue weighted by atomic mass is 32.2. The molecule has 0 aliphatic rings. The monoisotopic (exact) mass is 436 g/mol. The van der Waals surface area contributed by atoms with Crippen molar-refractivity contribution in [1.29, 1.82) is 0 Å². The molecule has 0 heterocycles. The SMILES string of the molecule is CCC(Oc1ccc(N(C)S(C)(=O)=O)cc1)C(=O)NCCSc1ccc(C)cc1. The van der Waals surface area contributed by atoms with E-state index in [1.165, 1.54) is 21.8 Å². The summed E-state index contributed by atoms with van der Waals surface area (Å²) in [6, 6.07) is 14.9. The number of rotatable bonds is 10. The van der Waals surface area contributed by atoms with Crippen LogP contribution in [0.5, 0.6) is 5.75 Å². The lowest BCUT2D eigenvalue weighted by molar-refractivity contribution is -0.127. The zero-order valence-corrected chi connectivity index (χ0v) is 18.8. The molecule has 0 aromatic heterocycles. The second-order valence-electron chi connectivity index (χ2n) is 6.69. The van der Waals surface area contributed by atoms with Crippen LogP contribution in [0.2, 0.25) is 0 Å². The molecule has 6 nitrogen and oxygen atoms in total. The number of hydrogen-bond donors (Lipinski definition) is 1. The van der Waals surface area contributed by atoms with Gasteiger partial charge in [0.1, 0.15) is 5.75 Å². The Hall–Kier alpha value is -2.19. The van der Waals surface area contributed by atoms with Gasteiger partial charge in [0.25, 0.3) is 5.91 Å². The van der Waals surface area contributed by atoms with Gasteiger partial charge in [-0.05, 0) is 49.7 Å². The fourth-order valence-corrected chi connectivity index (χ4v) is 3.78. The van der Waals surface area contributed by atoms with Gasteiger partial charge in [-0.3, -0.25) is 9.10 Å². The highest BCUT2D eigenvalue weighted by Crippen LogP contribution is 2.22. The fourth-order valence-electron chi connectivity index (χ4n) is 2.50. The molecule has 0 fully saturated rings. The van der Waals surface area contributed by atoms with Crippen LogP contribution in [0.3, 0.4) is 0 Å². The zero-order valence-electron chi connectivity index (χ0n) is 17.2. The average molecular weight is 437 g/mol. The summed E-state index contributed by atoms with van der Waals surface area (Å²) in [4.78, 5) is 13.6. The summed E-state index contributed by atoms with van der Waals surface area (Å²) >= 11 is 1.69. The first-order valence-electron chi connectivity index (χ1n) is 9.38. The number of nitrogens with one attached hydrogen (secondary N) is 1. The van der Waals surface area contributed by atoms with Crippen molar-refractivity contribution in [2.75, 3.05) is 29.9 Å². The van der Waals surface area contributed by atoms with Crippen LogP contribution in [0.1, 0.15) is 18.9 Å². The minimum atomic E-state index is -3.32. The number of sulfonamides is 1. The van der Waals surface area contributed by atoms with Crippen molar-refractivity contribution in [1.82, 2.24) is 5.32 Å². The molecular formula is C21H28N2O4S2. The third-order valence-electron chi connectivity index (χ3n) is 4.33. The van der Waals surface area contributed by atoms with Crippen molar-refractivity contribution in [2.24, 2.45) is 0 Å². The van der Waals surface area contributed by atoms with E-state index in [-0.39, 0.29) is 5.91 Å². The predicted octanol–water partition coefficient (Wildman–Crippen LogP) is 3.46. The topological polar surface area (TPSA) is 75.7 Å². The summed E-state index contributed by atoms with van der Waals surface area (Å²) in [6.07, 6.45) is 1.08.